The van der Waals surface area contributed by atoms with Gasteiger partial charge in [-0.15, -0.1) is 0 Å². The number of hydrogen-bond donors (Lipinski definition) is 1. The largest absolute Gasteiger partial charge is 0.496 e. The van der Waals surface area contributed by atoms with Gasteiger partial charge < -0.3 is 14.6 Å². The van der Waals surface area contributed by atoms with Gasteiger partial charge in [0, 0.05) is 22.7 Å². The van der Waals surface area contributed by atoms with Crippen LogP contribution in [0.5, 0.6) is 5.75 Å². The van der Waals surface area contributed by atoms with Crippen LogP contribution in [0.25, 0.3) is 33.1 Å². The number of aromatic amines is 1. The molecule has 4 aromatic carbocycles. The van der Waals surface area contributed by atoms with Crippen molar-refractivity contribution >= 4 is 21.9 Å². The zero-order valence-corrected chi connectivity index (χ0v) is 24.2. The molecule has 1 N–H and O–H groups in total. The van der Waals surface area contributed by atoms with Crippen molar-refractivity contribution in [1.82, 2.24) is 24.6 Å². The maximum Gasteiger partial charge on any atom is 0.159 e. The van der Waals surface area contributed by atoms with E-state index in [0.29, 0.717) is 34.0 Å². The Balaban J connectivity index is 1.28. The molecule has 2 aromatic heterocycles. The number of imidazole rings is 1. The van der Waals surface area contributed by atoms with Crippen LogP contribution in [0.2, 0.25) is 0 Å². The third-order valence-electron chi connectivity index (χ3n) is 8.78. The summed E-state index contributed by atoms with van der Waals surface area (Å²) in [5.74, 6) is 0.748. The third-order valence-corrected chi connectivity index (χ3v) is 8.78. The van der Waals surface area contributed by atoms with E-state index in [0.717, 1.165) is 49.1 Å². The molecule has 0 bridgehead atoms. The Bertz CT molecular complexity index is 1870. The summed E-state index contributed by atoms with van der Waals surface area (Å²) < 4.78 is 38.0. The van der Waals surface area contributed by atoms with Crippen LogP contribution in [0.1, 0.15) is 48.7 Å². The lowest BCUT2D eigenvalue weighted by molar-refractivity contribution is 0.222. The van der Waals surface area contributed by atoms with Crippen molar-refractivity contribution in [3.63, 3.8) is 0 Å². The first-order valence-electron chi connectivity index (χ1n) is 14.8. The monoisotopic (exact) mass is 577 g/mol. The number of hydrogen-bond acceptors (Lipinski definition) is 4. The molecule has 1 unspecified atom stereocenters. The summed E-state index contributed by atoms with van der Waals surface area (Å²) in [4.78, 5) is 10.6. The van der Waals surface area contributed by atoms with Gasteiger partial charge in [0.1, 0.15) is 28.9 Å². The summed E-state index contributed by atoms with van der Waals surface area (Å²) in [6.45, 7) is 5.54. The molecule has 7 rings (SSSR count). The molecule has 6 nitrogen and oxygen atoms in total. The molecule has 8 heteroatoms. The van der Waals surface area contributed by atoms with Gasteiger partial charge in [0.25, 0.3) is 0 Å². The van der Waals surface area contributed by atoms with Gasteiger partial charge in [0.15, 0.2) is 5.82 Å². The summed E-state index contributed by atoms with van der Waals surface area (Å²) in [7, 11) is 1.54. The highest BCUT2D eigenvalue weighted by molar-refractivity contribution is 5.85. The molecular formula is C35H33F2N5O. The van der Waals surface area contributed by atoms with E-state index in [1.54, 1.807) is 23.0 Å². The highest BCUT2D eigenvalue weighted by atomic mass is 19.1. The van der Waals surface area contributed by atoms with Crippen LogP contribution in [-0.2, 0) is 0 Å². The van der Waals surface area contributed by atoms with Gasteiger partial charge in [-0.1, -0.05) is 55.5 Å². The van der Waals surface area contributed by atoms with Gasteiger partial charge in [-0.2, -0.15) is 5.10 Å². The van der Waals surface area contributed by atoms with Gasteiger partial charge >= 0.3 is 0 Å². The van der Waals surface area contributed by atoms with E-state index >= 15 is 4.39 Å². The summed E-state index contributed by atoms with van der Waals surface area (Å²) in [6.07, 6.45) is 4.07. The van der Waals surface area contributed by atoms with Gasteiger partial charge in [0.2, 0.25) is 0 Å². The molecule has 0 radical (unpaired) electrons. The maximum atomic E-state index is 16.2. The highest BCUT2D eigenvalue weighted by Gasteiger charge is 2.27. The summed E-state index contributed by atoms with van der Waals surface area (Å²) >= 11 is 0. The number of aromatic nitrogens is 4. The van der Waals surface area contributed by atoms with E-state index in [9.17, 15) is 4.39 Å². The van der Waals surface area contributed by atoms with Crippen molar-refractivity contribution in [1.29, 1.82) is 0 Å². The average molecular weight is 578 g/mol. The number of fused-ring (bicyclic) bond motifs is 2. The van der Waals surface area contributed by atoms with Crippen molar-refractivity contribution < 1.29 is 13.5 Å². The molecule has 0 amide bonds. The maximum absolute atomic E-state index is 16.2. The quantitative estimate of drug-likeness (QED) is 0.211. The lowest BCUT2D eigenvalue weighted by Gasteiger charge is -2.31. The van der Waals surface area contributed by atoms with E-state index in [2.05, 4.69) is 28.9 Å². The van der Waals surface area contributed by atoms with E-state index in [-0.39, 0.29) is 5.52 Å². The van der Waals surface area contributed by atoms with E-state index < -0.39 is 17.7 Å². The number of H-pyrrole nitrogens is 1. The van der Waals surface area contributed by atoms with Crippen molar-refractivity contribution in [2.24, 2.45) is 0 Å². The van der Waals surface area contributed by atoms with Gasteiger partial charge in [-0.3, -0.25) is 4.68 Å². The van der Waals surface area contributed by atoms with E-state index in [1.807, 2.05) is 42.5 Å². The van der Waals surface area contributed by atoms with Gasteiger partial charge in [-0.25, -0.2) is 13.8 Å². The van der Waals surface area contributed by atoms with Crippen LogP contribution in [0.4, 0.5) is 8.78 Å². The normalized spacial score (nSPS) is 15.3. The first-order chi connectivity index (χ1) is 21.0. The molecule has 218 valence electrons. The van der Waals surface area contributed by atoms with E-state index in [1.165, 1.54) is 24.8 Å². The Hall–Kier alpha value is -4.56. The number of halogens is 2. The SMILES string of the molecule is CCN1CCC(c2ccc(-c3ccc4cn(C(c5nc6ccccc6[nH]5)c5cc(F)ccc5OC)nc4c3F)cc2)CC1. The third kappa shape index (κ3) is 5.06. The number of nitrogens with one attached hydrogen (secondary N) is 1. The number of piperidine rings is 1. The fourth-order valence-electron chi connectivity index (χ4n) is 6.38. The Morgan fingerprint density at radius 3 is 2.51 bits per heavy atom. The Morgan fingerprint density at radius 2 is 1.77 bits per heavy atom. The number of para-hydroxylation sites is 2. The summed E-state index contributed by atoms with van der Waals surface area (Å²) in [5, 5.41) is 5.37. The number of ether oxygens (including phenoxy) is 1. The molecule has 0 aliphatic carbocycles. The second-order valence-corrected chi connectivity index (χ2v) is 11.2. The van der Waals surface area contributed by atoms with Crippen molar-refractivity contribution in [3.8, 4) is 16.9 Å². The predicted molar refractivity (Wildman–Crippen MR) is 166 cm³/mol. The molecule has 1 fully saturated rings. The number of benzene rings is 4. The minimum atomic E-state index is -0.688. The molecule has 43 heavy (non-hydrogen) atoms. The first kappa shape index (κ1) is 27.3. The molecule has 1 atom stereocenters. The lowest BCUT2D eigenvalue weighted by atomic mass is 9.88. The number of methoxy groups -OCH3 is 1. The van der Waals surface area contributed by atoms with Crippen molar-refractivity contribution in [2.45, 2.75) is 31.7 Å². The van der Waals surface area contributed by atoms with Crippen LogP contribution in [0.3, 0.4) is 0 Å². The first-order valence-corrected chi connectivity index (χ1v) is 14.8. The standard InChI is InChI=1S/C35H33F2N5O/c1-3-41-18-16-23(17-19-41)22-8-10-24(11-9-22)27-14-12-25-21-42(40-33(25)32(27)37)34(28-20-26(36)13-15-31(28)43-2)35-38-29-6-4-5-7-30(29)39-35/h4-15,20-21,23,34H,3,16-19H2,1-2H3,(H,38,39). The fourth-order valence-corrected chi connectivity index (χ4v) is 6.38. The minimum Gasteiger partial charge on any atom is -0.496 e. The summed E-state index contributed by atoms with van der Waals surface area (Å²) in [5.41, 5.74) is 4.98. The molecule has 3 heterocycles. The van der Waals surface area contributed by atoms with Crippen molar-refractivity contribution in [2.75, 3.05) is 26.7 Å². The van der Waals surface area contributed by atoms with Crippen LogP contribution >= 0.6 is 0 Å². The van der Waals surface area contributed by atoms with Crippen LogP contribution < -0.4 is 4.74 Å². The van der Waals surface area contributed by atoms with Crippen LogP contribution in [0, 0.1) is 11.6 Å². The summed E-state index contributed by atoms with van der Waals surface area (Å²) in [6, 6.07) is 23.3. The molecule has 6 aromatic rings. The Morgan fingerprint density at radius 1 is 0.977 bits per heavy atom. The van der Waals surface area contributed by atoms with Crippen LogP contribution in [0.15, 0.2) is 85.1 Å². The molecular weight excluding hydrogens is 544 g/mol. The predicted octanol–water partition coefficient (Wildman–Crippen LogP) is 7.70. The topological polar surface area (TPSA) is 59.0 Å². The Labute approximate surface area is 248 Å². The molecule has 1 aliphatic rings. The number of rotatable bonds is 7. The van der Waals surface area contributed by atoms with E-state index in [4.69, 9.17) is 14.8 Å². The molecule has 1 saturated heterocycles. The zero-order valence-electron chi connectivity index (χ0n) is 24.2. The average Bonchev–Trinajstić information content (AvgIpc) is 3.67. The second-order valence-electron chi connectivity index (χ2n) is 11.2. The second kappa shape index (κ2) is 11.3. The van der Waals surface area contributed by atoms with Crippen molar-refractivity contribution in [3.05, 3.63) is 114 Å². The van der Waals surface area contributed by atoms with Gasteiger partial charge in [-0.05, 0) is 79.9 Å². The number of likely N-dealkylation sites (tertiary alicyclic amines) is 1. The lowest BCUT2D eigenvalue weighted by Crippen LogP contribution is -2.32. The van der Waals surface area contributed by atoms with Crippen LogP contribution in [-0.4, -0.2) is 51.4 Å². The van der Waals surface area contributed by atoms with Gasteiger partial charge in [0.05, 0.1) is 18.1 Å². The number of nitrogens with zero attached hydrogens (tertiary/aromatic N) is 4. The molecule has 0 spiro atoms. The fraction of sp³-hybridized carbons (Fsp3) is 0.257. The highest BCUT2D eigenvalue weighted by Crippen LogP contribution is 2.36. The molecule has 1 aliphatic heterocycles. The molecule has 0 saturated carbocycles. The zero-order chi connectivity index (χ0) is 29.5. The minimum absolute atomic E-state index is 0.241. The Kier molecular flexibility index (Phi) is 7.15. The smallest absolute Gasteiger partial charge is 0.159 e.